The Labute approximate surface area is 136 Å². The van der Waals surface area contributed by atoms with Gasteiger partial charge in [0, 0.05) is 45.5 Å². The molecule has 0 unspecified atom stereocenters. The van der Waals surface area contributed by atoms with E-state index in [-0.39, 0.29) is 11.4 Å². The number of aromatic nitrogens is 3. The number of hydrogen-bond donors (Lipinski definition) is 0. The van der Waals surface area contributed by atoms with Gasteiger partial charge in [0.05, 0.1) is 17.4 Å². The van der Waals surface area contributed by atoms with Crippen LogP contribution in [0.15, 0.2) is 35.4 Å². The van der Waals surface area contributed by atoms with E-state index in [1.54, 1.807) is 18.1 Å². The SMILES string of the molecule is Cn1ncc(N2CCN(c3ncccc3C(F)(F)F)CC2)cc1=O. The van der Waals surface area contributed by atoms with Crippen LogP contribution in [0.4, 0.5) is 24.7 Å². The Morgan fingerprint density at radius 2 is 1.79 bits per heavy atom. The van der Waals surface area contributed by atoms with E-state index in [4.69, 9.17) is 0 Å². The molecule has 0 aromatic carbocycles. The molecule has 128 valence electrons. The number of halogens is 3. The highest BCUT2D eigenvalue weighted by molar-refractivity contribution is 5.51. The minimum atomic E-state index is -4.43. The third-order valence-electron chi connectivity index (χ3n) is 3.99. The molecule has 0 N–H and O–H groups in total. The summed E-state index contributed by atoms with van der Waals surface area (Å²) in [5.74, 6) is -0.0493. The maximum Gasteiger partial charge on any atom is 0.419 e. The van der Waals surface area contributed by atoms with E-state index < -0.39 is 11.7 Å². The van der Waals surface area contributed by atoms with Crippen molar-refractivity contribution in [3.8, 4) is 0 Å². The fourth-order valence-electron chi connectivity index (χ4n) is 2.68. The van der Waals surface area contributed by atoms with Gasteiger partial charge < -0.3 is 9.80 Å². The molecule has 1 aliphatic heterocycles. The van der Waals surface area contributed by atoms with Crippen molar-refractivity contribution in [1.82, 2.24) is 14.8 Å². The van der Waals surface area contributed by atoms with Gasteiger partial charge in [-0.1, -0.05) is 0 Å². The lowest BCUT2D eigenvalue weighted by molar-refractivity contribution is -0.137. The fourth-order valence-corrected chi connectivity index (χ4v) is 2.68. The Kier molecular flexibility index (Phi) is 4.16. The molecule has 3 heterocycles. The molecule has 2 aromatic rings. The summed E-state index contributed by atoms with van der Waals surface area (Å²) in [6.45, 7) is 1.75. The summed E-state index contributed by atoms with van der Waals surface area (Å²) in [4.78, 5) is 19.1. The zero-order valence-corrected chi connectivity index (χ0v) is 13.0. The highest BCUT2D eigenvalue weighted by Gasteiger charge is 2.36. The maximum absolute atomic E-state index is 13.1. The Bertz CT molecular complexity index is 781. The van der Waals surface area contributed by atoms with E-state index in [0.29, 0.717) is 31.9 Å². The van der Waals surface area contributed by atoms with Gasteiger partial charge in [-0.05, 0) is 12.1 Å². The molecule has 2 aromatic heterocycles. The first-order chi connectivity index (χ1) is 11.4. The minimum absolute atomic E-state index is 0.0493. The van der Waals surface area contributed by atoms with E-state index >= 15 is 0 Å². The molecule has 0 spiro atoms. The predicted molar refractivity (Wildman–Crippen MR) is 83.1 cm³/mol. The maximum atomic E-state index is 13.1. The Morgan fingerprint density at radius 3 is 2.42 bits per heavy atom. The predicted octanol–water partition coefficient (Wildman–Crippen LogP) is 1.52. The molecule has 1 fully saturated rings. The number of nitrogens with zero attached hydrogens (tertiary/aromatic N) is 5. The monoisotopic (exact) mass is 339 g/mol. The Hall–Kier alpha value is -2.58. The molecule has 0 radical (unpaired) electrons. The summed E-state index contributed by atoms with van der Waals surface area (Å²) in [5, 5.41) is 3.97. The van der Waals surface area contributed by atoms with Crippen molar-refractivity contribution >= 4 is 11.5 Å². The van der Waals surface area contributed by atoms with Crippen LogP contribution in [-0.2, 0) is 13.2 Å². The van der Waals surface area contributed by atoms with Crippen LogP contribution in [0.5, 0.6) is 0 Å². The molecule has 1 aliphatic rings. The molecule has 0 saturated carbocycles. The number of pyridine rings is 1. The van der Waals surface area contributed by atoms with Crippen LogP contribution < -0.4 is 15.4 Å². The van der Waals surface area contributed by atoms with Gasteiger partial charge in [-0.3, -0.25) is 4.79 Å². The summed E-state index contributed by atoms with van der Waals surface area (Å²) in [5.41, 5.74) is -0.275. The van der Waals surface area contributed by atoms with Crippen LogP contribution in [-0.4, -0.2) is 40.9 Å². The number of alkyl halides is 3. The second-order valence-electron chi connectivity index (χ2n) is 5.52. The first-order valence-corrected chi connectivity index (χ1v) is 7.42. The number of rotatable bonds is 2. The van der Waals surface area contributed by atoms with E-state index in [1.165, 1.54) is 23.0 Å². The van der Waals surface area contributed by atoms with Crippen LogP contribution in [0.25, 0.3) is 0 Å². The largest absolute Gasteiger partial charge is 0.419 e. The molecular formula is C15H16F3N5O. The highest BCUT2D eigenvalue weighted by Crippen LogP contribution is 2.35. The molecule has 3 rings (SSSR count). The van der Waals surface area contributed by atoms with Crippen molar-refractivity contribution in [3.05, 3.63) is 46.5 Å². The van der Waals surface area contributed by atoms with Crippen LogP contribution in [0, 0.1) is 0 Å². The van der Waals surface area contributed by atoms with E-state index in [0.717, 1.165) is 6.07 Å². The van der Waals surface area contributed by atoms with Gasteiger partial charge in [0.15, 0.2) is 0 Å². The first kappa shape index (κ1) is 16.3. The third kappa shape index (κ3) is 3.19. The average Bonchev–Trinajstić information content (AvgIpc) is 2.57. The van der Waals surface area contributed by atoms with Crippen molar-refractivity contribution in [2.45, 2.75) is 6.18 Å². The quantitative estimate of drug-likeness (QED) is 0.830. The molecule has 0 bridgehead atoms. The first-order valence-electron chi connectivity index (χ1n) is 7.42. The molecule has 6 nitrogen and oxygen atoms in total. The normalized spacial score (nSPS) is 15.7. The van der Waals surface area contributed by atoms with Gasteiger partial charge in [0.1, 0.15) is 5.82 Å². The lowest BCUT2D eigenvalue weighted by Crippen LogP contribution is -2.47. The van der Waals surface area contributed by atoms with Crippen LogP contribution in [0.2, 0.25) is 0 Å². The van der Waals surface area contributed by atoms with Crippen LogP contribution in [0.3, 0.4) is 0 Å². The van der Waals surface area contributed by atoms with Crippen molar-refractivity contribution in [2.24, 2.45) is 7.05 Å². The Morgan fingerprint density at radius 1 is 1.12 bits per heavy atom. The van der Waals surface area contributed by atoms with E-state index in [2.05, 4.69) is 10.1 Å². The van der Waals surface area contributed by atoms with Crippen LogP contribution >= 0.6 is 0 Å². The van der Waals surface area contributed by atoms with Crippen LogP contribution in [0.1, 0.15) is 5.56 Å². The summed E-state index contributed by atoms with van der Waals surface area (Å²) in [6, 6.07) is 3.80. The number of aryl methyl sites for hydroxylation is 1. The van der Waals surface area contributed by atoms with Crippen molar-refractivity contribution < 1.29 is 13.2 Å². The molecule has 0 aliphatic carbocycles. The third-order valence-corrected chi connectivity index (χ3v) is 3.99. The molecular weight excluding hydrogens is 323 g/mol. The van der Waals surface area contributed by atoms with E-state index in [1.807, 2.05) is 4.90 Å². The summed E-state index contributed by atoms with van der Waals surface area (Å²) in [7, 11) is 1.56. The van der Waals surface area contributed by atoms with Gasteiger partial charge in [-0.15, -0.1) is 0 Å². The van der Waals surface area contributed by atoms with E-state index in [9.17, 15) is 18.0 Å². The van der Waals surface area contributed by atoms with Gasteiger partial charge in [0.2, 0.25) is 0 Å². The second-order valence-corrected chi connectivity index (χ2v) is 5.52. The second kappa shape index (κ2) is 6.14. The molecule has 0 amide bonds. The van der Waals surface area contributed by atoms with Gasteiger partial charge in [-0.2, -0.15) is 18.3 Å². The number of anilines is 2. The van der Waals surface area contributed by atoms with Crippen molar-refractivity contribution in [3.63, 3.8) is 0 Å². The lowest BCUT2D eigenvalue weighted by atomic mass is 10.2. The summed E-state index contributed by atoms with van der Waals surface area (Å²) in [6.07, 6.45) is -1.49. The summed E-state index contributed by atoms with van der Waals surface area (Å²) >= 11 is 0. The average molecular weight is 339 g/mol. The molecule has 1 saturated heterocycles. The lowest BCUT2D eigenvalue weighted by Gasteiger charge is -2.37. The number of piperazine rings is 1. The smallest absolute Gasteiger partial charge is 0.367 e. The number of hydrogen-bond acceptors (Lipinski definition) is 5. The minimum Gasteiger partial charge on any atom is -0.367 e. The Balaban J connectivity index is 1.76. The van der Waals surface area contributed by atoms with Crippen molar-refractivity contribution in [2.75, 3.05) is 36.0 Å². The summed E-state index contributed by atoms with van der Waals surface area (Å²) < 4.78 is 40.5. The highest BCUT2D eigenvalue weighted by atomic mass is 19.4. The van der Waals surface area contributed by atoms with Gasteiger partial charge >= 0.3 is 6.18 Å². The molecule has 9 heteroatoms. The molecule has 0 atom stereocenters. The topological polar surface area (TPSA) is 54.3 Å². The fraction of sp³-hybridized carbons (Fsp3) is 0.400. The zero-order valence-electron chi connectivity index (χ0n) is 13.0. The van der Waals surface area contributed by atoms with Crippen molar-refractivity contribution in [1.29, 1.82) is 0 Å². The van der Waals surface area contributed by atoms with Gasteiger partial charge in [0.25, 0.3) is 5.56 Å². The zero-order chi connectivity index (χ0) is 17.3. The van der Waals surface area contributed by atoms with Gasteiger partial charge in [-0.25, -0.2) is 9.67 Å². The standard InChI is InChI=1S/C15H16F3N5O/c1-21-13(24)9-11(10-20-21)22-5-7-23(8-6-22)14-12(15(16,17)18)3-2-4-19-14/h2-4,9-10H,5-8H2,1H3. The molecule has 24 heavy (non-hydrogen) atoms.